The first kappa shape index (κ1) is 14.8. The molecule has 1 aromatic carbocycles. The molecule has 0 radical (unpaired) electrons. The molecule has 0 saturated carbocycles. The Labute approximate surface area is 147 Å². The molecule has 5 nitrogen and oxygen atoms in total. The quantitative estimate of drug-likeness (QED) is 0.680. The highest BCUT2D eigenvalue weighted by Crippen LogP contribution is 2.34. The predicted octanol–water partition coefficient (Wildman–Crippen LogP) is 2.76. The van der Waals surface area contributed by atoms with Crippen molar-refractivity contribution in [1.29, 1.82) is 0 Å². The van der Waals surface area contributed by atoms with E-state index in [0.29, 0.717) is 12.2 Å². The number of Topliss-reactive ketones (excluding diaryl/α,β-unsaturated/α-hetero) is 1. The number of benzene rings is 1. The van der Waals surface area contributed by atoms with Crippen molar-refractivity contribution in [3.63, 3.8) is 0 Å². The standard InChI is InChI=1S/C19H16N2O3S/c22-14(11-4-5-15-12(8-11)6-7-24-15)9-21-10-20-18-17(19(21)23)13-2-1-3-16(13)25-18/h4-5,8,10H,1-3,6-7,9H2. The second kappa shape index (κ2) is 5.52. The van der Waals surface area contributed by atoms with Gasteiger partial charge in [0.25, 0.3) is 5.56 Å². The highest BCUT2D eigenvalue weighted by Gasteiger charge is 2.22. The third kappa shape index (κ3) is 2.32. The monoisotopic (exact) mass is 352 g/mol. The summed E-state index contributed by atoms with van der Waals surface area (Å²) in [7, 11) is 0. The van der Waals surface area contributed by atoms with Gasteiger partial charge in [0.05, 0.1) is 24.9 Å². The van der Waals surface area contributed by atoms with Gasteiger partial charge in [-0.3, -0.25) is 14.2 Å². The Bertz CT molecular complexity index is 1080. The van der Waals surface area contributed by atoms with Crippen LogP contribution in [0.4, 0.5) is 0 Å². The number of rotatable bonds is 3. The topological polar surface area (TPSA) is 61.2 Å². The fraction of sp³-hybridized carbons (Fsp3) is 0.316. The van der Waals surface area contributed by atoms with E-state index in [2.05, 4.69) is 4.98 Å². The molecule has 0 N–H and O–H groups in total. The van der Waals surface area contributed by atoms with Gasteiger partial charge in [-0.2, -0.15) is 0 Å². The van der Waals surface area contributed by atoms with Crippen molar-refractivity contribution in [2.45, 2.75) is 32.2 Å². The average Bonchev–Trinajstić information content (AvgIpc) is 3.31. The second-order valence-electron chi connectivity index (χ2n) is 6.56. The number of hydrogen-bond donors (Lipinski definition) is 0. The third-order valence-electron chi connectivity index (χ3n) is 5.02. The zero-order chi connectivity index (χ0) is 17.0. The van der Waals surface area contributed by atoms with Crippen LogP contribution < -0.4 is 10.3 Å². The lowest BCUT2D eigenvalue weighted by atomic mass is 10.1. The van der Waals surface area contributed by atoms with Gasteiger partial charge >= 0.3 is 0 Å². The van der Waals surface area contributed by atoms with Crippen LogP contribution >= 0.6 is 11.3 Å². The molecule has 6 heteroatoms. The zero-order valence-corrected chi connectivity index (χ0v) is 14.4. The van der Waals surface area contributed by atoms with Crippen LogP contribution in [-0.4, -0.2) is 21.9 Å². The molecule has 0 atom stereocenters. The van der Waals surface area contributed by atoms with Gasteiger partial charge in [-0.25, -0.2) is 4.98 Å². The molecule has 2 aliphatic rings. The summed E-state index contributed by atoms with van der Waals surface area (Å²) < 4.78 is 6.92. The summed E-state index contributed by atoms with van der Waals surface area (Å²) >= 11 is 1.61. The number of carbonyl (C=O) groups is 1. The molecular weight excluding hydrogens is 336 g/mol. The molecular formula is C19H16N2O3S. The van der Waals surface area contributed by atoms with Crippen molar-refractivity contribution < 1.29 is 9.53 Å². The molecule has 1 aliphatic carbocycles. The van der Waals surface area contributed by atoms with Crippen LogP contribution in [0, 0.1) is 0 Å². The maximum atomic E-state index is 12.9. The van der Waals surface area contributed by atoms with E-state index in [0.717, 1.165) is 52.8 Å². The minimum absolute atomic E-state index is 0.0199. The maximum Gasteiger partial charge on any atom is 0.262 e. The number of aromatic nitrogens is 2. The van der Waals surface area contributed by atoms with Gasteiger partial charge in [0.2, 0.25) is 0 Å². The minimum atomic E-state index is -0.0951. The Hall–Kier alpha value is -2.47. The predicted molar refractivity (Wildman–Crippen MR) is 95.9 cm³/mol. The van der Waals surface area contributed by atoms with Crippen molar-refractivity contribution in [2.24, 2.45) is 0 Å². The van der Waals surface area contributed by atoms with Crippen LogP contribution in [0.25, 0.3) is 10.2 Å². The molecule has 5 rings (SSSR count). The Morgan fingerprint density at radius 2 is 2.20 bits per heavy atom. The lowest BCUT2D eigenvalue weighted by molar-refractivity contribution is 0.0970. The number of thiophene rings is 1. The lowest BCUT2D eigenvalue weighted by Gasteiger charge is -2.07. The third-order valence-corrected chi connectivity index (χ3v) is 6.22. The lowest BCUT2D eigenvalue weighted by Crippen LogP contribution is -2.24. The highest BCUT2D eigenvalue weighted by atomic mass is 32.1. The molecule has 3 heterocycles. The summed E-state index contributed by atoms with van der Waals surface area (Å²) in [5.74, 6) is 0.774. The van der Waals surface area contributed by atoms with Crippen molar-refractivity contribution in [3.8, 4) is 5.75 Å². The van der Waals surface area contributed by atoms with Crippen molar-refractivity contribution in [2.75, 3.05) is 6.61 Å². The largest absolute Gasteiger partial charge is 0.493 e. The molecule has 1 aliphatic heterocycles. The molecule has 0 bridgehead atoms. The summed E-state index contributed by atoms with van der Waals surface area (Å²) in [6.45, 7) is 0.683. The second-order valence-corrected chi connectivity index (χ2v) is 7.64. The molecule has 3 aromatic rings. The first-order valence-electron chi connectivity index (χ1n) is 8.49. The Balaban J connectivity index is 1.50. The summed E-state index contributed by atoms with van der Waals surface area (Å²) in [5, 5.41) is 0.718. The first-order chi connectivity index (χ1) is 12.2. The molecule has 126 valence electrons. The van der Waals surface area contributed by atoms with Gasteiger partial charge < -0.3 is 4.74 Å². The minimum Gasteiger partial charge on any atom is -0.493 e. The van der Waals surface area contributed by atoms with E-state index in [4.69, 9.17) is 4.74 Å². The van der Waals surface area contributed by atoms with E-state index >= 15 is 0 Å². The average molecular weight is 352 g/mol. The normalized spacial score (nSPS) is 15.2. The van der Waals surface area contributed by atoms with Gasteiger partial charge in [-0.1, -0.05) is 0 Å². The fourth-order valence-corrected chi connectivity index (χ4v) is 4.96. The number of fused-ring (bicyclic) bond motifs is 4. The van der Waals surface area contributed by atoms with Gasteiger partial charge in [0.1, 0.15) is 10.6 Å². The Morgan fingerprint density at radius 1 is 1.28 bits per heavy atom. The van der Waals surface area contributed by atoms with E-state index < -0.39 is 0 Å². The molecule has 0 spiro atoms. The van der Waals surface area contributed by atoms with E-state index in [9.17, 15) is 9.59 Å². The Kier molecular flexibility index (Phi) is 3.28. The summed E-state index contributed by atoms with van der Waals surface area (Å²) in [5.41, 5.74) is 2.73. The number of aryl methyl sites for hydroxylation is 2. The highest BCUT2D eigenvalue weighted by molar-refractivity contribution is 7.18. The Morgan fingerprint density at radius 3 is 3.12 bits per heavy atom. The van der Waals surface area contributed by atoms with E-state index in [1.54, 1.807) is 17.4 Å². The van der Waals surface area contributed by atoms with E-state index in [-0.39, 0.29) is 17.9 Å². The van der Waals surface area contributed by atoms with Crippen molar-refractivity contribution >= 4 is 27.3 Å². The fourth-order valence-electron chi connectivity index (χ4n) is 3.74. The summed E-state index contributed by atoms with van der Waals surface area (Å²) in [6, 6.07) is 5.49. The van der Waals surface area contributed by atoms with Gasteiger partial charge in [0.15, 0.2) is 5.78 Å². The maximum absolute atomic E-state index is 12.9. The number of hydrogen-bond acceptors (Lipinski definition) is 5. The van der Waals surface area contributed by atoms with Gasteiger partial charge in [-0.05, 0) is 48.6 Å². The zero-order valence-electron chi connectivity index (χ0n) is 13.6. The molecule has 0 fully saturated rings. The molecule has 0 saturated heterocycles. The van der Waals surface area contributed by atoms with Gasteiger partial charge in [-0.15, -0.1) is 11.3 Å². The van der Waals surface area contributed by atoms with Gasteiger partial charge in [0, 0.05) is 16.9 Å². The number of ketones is 1. The van der Waals surface area contributed by atoms with Crippen molar-refractivity contribution in [1.82, 2.24) is 9.55 Å². The van der Waals surface area contributed by atoms with E-state index in [1.165, 1.54) is 15.8 Å². The van der Waals surface area contributed by atoms with Crippen LogP contribution in [0.3, 0.4) is 0 Å². The molecule has 2 aromatic heterocycles. The van der Waals surface area contributed by atoms with Crippen LogP contribution in [0.5, 0.6) is 5.75 Å². The molecule has 0 amide bonds. The van der Waals surface area contributed by atoms with Crippen LogP contribution in [0.2, 0.25) is 0 Å². The number of carbonyl (C=O) groups excluding carboxylic acids is 1. The SMILES string of the molecule is O=C(Cn1cnc2sc3c(c2c1=O)CCC3)c1ccc2c(c1)CCO2. The van der Waals surface area contributed by atoms with Crippen LogP contribution in [-0.2, 0) is 25.8 Å². The molecule has 0 unspecified atom stereocenters. The van der Waals surface area contributed by atoms with E-state index in [1.807, 2.05) is 12.1 Å². The first-order valence-corrected chi connectivity index (χ1v) is 9.31. The smallest absolute Gasteiger partial charge is 0.262 e. The number of nitrogens with zero attached hydrogens (tertiary/aromatic N) is 2. The summed E-state index contributed by atoms with van der Waals surface area (Å²) in [6.07, 6.45) is 5.40. The van der Waals surface area contributed by atoms with Crippen molar-refractivity contribution in [3.05, 3.63) is 56.4 Å². The number of ether oxygens (including phenoxy) is 1. The molecule has 25 heavy (non-hydrogen) atoms. The van der Waals surface area contributed by atoms with Crippen LogP contribution in [0.15, 0.2) is 29.3 Å². The van der Waals surface area contributed by atoms with Crippen LogP contribution in [0.1, 0.15) is 32.8 Å². The summed E-state index contributed by atoms with van der Waals surface area (Å²) in [4.78, 5) is 32.0.